The molecule has 7 heteroatoms. The van der Waals surface area contributed by atoms with Crippen molar-refractivity contribution in [1.82, 2.24) is 4.90 Å². The number of rotatable bonds is 4. The second kappa shape index (κ2) is 6.56. The molecule has 22 heavy (non-hydrogen) atoms. The summed E-state index contributed by atoms with van der Waals surface area (Å²) in [6, 6.07) is 4.47. The fourth-order valence-electron chi connectivity index (χ4n) is 2.20. The molecule has 0 aliphatic carbocycles. The number of benzene rings is 1. The Morgan fingerprint density at radius 2 is 1.82 bits per heavy atom. The quantitative estimate of drug-likeness (QED) is 0.894. The molecule has 0 bridgehead atoms. The predicted octanol–water partition coefficient (Wildman–Crippen LogP) is 3.35. The maximum absolute atomic E-state index is 12.9. The smallest absolute Gasteiger partial charge is 0.416 e. The van der Waals surface area contributed by atoms with Gasteiger partial charge in [-0.05, 0) is 38.8 Å². The van der Waals surface area contributed by atoms with Crippen LogP contribution in [0.1, 0.15) is 31.9 Å². The SMILES string of the molecule is CC(C)(C)N(C[C@H](N)Cc1ccccc1C(F)(F)F)C(=O)O. The van der Waals surface area contributed by atoms with Crippen LogP contribution in [0.3, 0.4) is 0 Å². The highest BCUT2D eigenvalue weighted by Crippen LogP contribution is 2.32. The molecule has 0 fully saturated rings. The van der Waals surface area contributed by atoms with Gasteiger partial charge < -0.3 is 15.7 Å². The monoisotopic (exact) mass is 318 g/mol. The molecule has 1 aromatic rings. The van der Waals surface area contributed by atoms with Crippen LogP contribution in [0.2, 0.25) is 0 Å². The third-order valence-electron chi connectivity index (χ3n) is 3.26. The van der Waals surface area contributed by atoms with Crippen molar-refractivity contribution < 1.29 is 23.1 Å². The molecule has 0 spiro atoms. The molecule has 3 N–H and O–H groups in total. The van der Waals surface area contributed by atoms with Gasteiger partial charge in [0.1, 0.15) is 0 Å². The molecule has 124 valence electrons. The van der Waals surface area contributed by atoms with Crippen LogP contribution in [0.4, 0.5) is 18.0 Å². The van der Waals surface area contributed by atoms with Crippen LogP contribution >= 0.6 is 0 Å². The maximum Gasteiger partial charge on any atom is 0.416 e. The lowest BCUT2D eigenvalue weighted by Gasteiger charge is -2.35. The molecule has 0 aromatic heterocycles. The molecule has 0 unspecified atom stereocenters. The number of alkyl halides is 3. The summed E-state index contributed by atoms with van der Waals surface area (Å²) in [6.07, 6.45) is -5.64. The van der Waals surface area contributed by atoms with Crippen molar-refractivity contribution in [2.75, 3.05) is 6.54 Å². The highest BCUT2D eigenvalue weighted by molar-refractivity contribution is 5.66. The number of carboxylic acid groups (broad SMARTS) is 1. The third kappa shape index (κ3) is 4.91. The lowest BCUT2D eigenvalue weighted by molar-refractivity contribution is -0.138. The van der Waals surface area contributed by atoms with E-state index in [-0.39, 0.29) is 18.5 Å². The molecule has 0 aliphatic heterocycles. The summed E-state index contributed by atoms with van der Waals surface area (Å²) < 4.78 is 38.8. The molecule has 1 atom stereocenters. The van der Waals surface area contributed by atoms with Crippen molar-refractivity contribution in [3.05, 3.63) is 35.4 Å². The minimum absolute atomic E-state index is 0.0367. The van der Waals surface area contributed by atoms with Crippen LogP contribution in [0.15, 0.2) is 24.3 Å². The summed E-state index contributed by atoms with van der Waals surface area (Å²) >= 11 is 0. The average Bonchev–Trinajstić information content (AvgIpc) is 2.33. The van der Waals surface area contributed by atoms with Gasteiger partial charge in [0, 0.05) is 18.1 Å². The number of carbonyl (C=O) groups is 1. The third-order valence-corrected chi connectivity index (χ3v) is 3.26. The van der Waals surface area contributed by atoms with Crippen LogP contribution in [0.5, 0.6) is 0 Å². The second-order valence-electron chi connectivity index (χ2n) is 6.18. The number of nitrogens with zero attached hydrogens (tertiary/aromatic N) is 1. The van der Waals surface area contributed by atoms with Crippen molar-refractivity contribution in [3.8, 4) is 0 Å². The molecule has 0 heterocycles. The first-order valence-electron chi connectivity index (χ1n) is 6.84. The van der Waals surface area contributed by atoms with Crippen LogP contribution in [0.25, 0.3) is 0 Å². The minimum atomic E-state index is -4.45. The van der Waals surface area contributed by atoms with E-state index in [0.29, 0.717) is 0 Å². The van der Waals surface area contributed by atoms with Crippen LogP contribution in [0, 0.1) is 0 Å². The fraction of sp³-hybridized carbons (Fsp3) is 0.533. The van der Waals surface area contributed by atoms with E-state index in [1.165, 1.54) is 18.2 Å². The van der Waals surface area contributed by atoms with Crippen molar-refractivity contribution in [2.45, 2.75) is 44.9 Å². The van der Waals surface area contributed by atoms with Gasteiger partial charge >= 0.3 is 12.3 Å². The first-order chi connectivity index (χ1) is 9.93. The van der Waals surface area contributed by atoms with E-state index >= 15 is 0 Å². The van der Waals surface area contributed by atoms with Gasteiger partial charge in [-0.3, -0.25) is 0 Å². The minimum Gasteiger partial charge on any atom is -0.465 e. The Morgan fingerprint density at radius 1 is 1.27 bits per heavy atom. The largest absolute Gasteiger partial charge is 0.465 e. The Labute approximate surface area is 127 Å². The summed E-state index contributed by atoms with van der Waals surface area (Å²) in [6.45, 7) is 5.08. The number of hydrogen-bond donors (Lipinski definition) is 2. The Balaban J connectivity index is 2.90. The lowest BCUT2D eigenvalue weighted by Crippen LogP contribution is -2.51. The van der Waals surface area contributed by atoms with Crippen LogP contribution in [-0.2, 0) is 12.6 Å². The van der Waals surface area contributed by atoms with E-state index in [2.05, 4.69) is 0 Å². The molecular formula is C15H21F3N2O2. The van der Waals surface area contributed by atoms with Crippen molar-refractivity contribution in [3.63, 3.8) is 0 Å². The second-order valence-corrected chi connectivity index (χ2v) is 6.18. The number of halogens is 3. The van der Waals surface area contributed by atoms with Crippen LogP contribution in [-0.4, -0.2) is 34.2 Å². The highest BCUT2D eigenvalue weighted by Gasteiger charge is 2.34. The van der Waals surface area contributed by atoms with Gasteiger partial charge in [0.05, 0.1) is 5.56 Å². The Hall–Kier alpha value is -1.76. The highest BCUT2D eigenvalue weighted by atomic mass is 19.4. The molecule has 1 amide bonds. The van der Waals surface area contributed by atoms with E-state index in [1.807, 2.05) is 0 Å². The normalized spacial score (nSPS) is 13.8. The Bertz CT molecular complexity index is 524. The molecule has 1 aromatic carbocycles. The van der Waals surface area contributed by atoms with Crippen molar-refractivity contribution >= 4 is 6.09 Å². The first-order valence-corrected chi connectivity index (χ1v) is 6.84. The summed E-state index contributed by atoms with van der Waals surface area (Å²) in [5.41, 5.74) is 4.55. The summed E-state index contributed by atoms with van der Waals surface area (Å²) in [7, 11) is 0. The van der Waals surface area contributed by atoms with E-state index in [0.717, 1.165) is 11.0 Å². The Morgan fingerprint density at radius 3 is 2.27 bits per heavy atom. The van der Waals surface area contributed by atoms with Crippen molar-refractivity contribution in [2.24, 2.45) is 5.73 Å². The van der Waals surface area contributed by atoms with Gasteiger partial charge in [-0.25, -0.2) is 4.79 Å². The predicted molar refractivity (Wildman–Crippen MR) is 77.6 cm³/mol. The van der Waals surface area contributed by atoms with E-state index in [9.17, 15) is 23.1 Å². The van der Waals surface area contributed by atoms with Crippen LogP contribution < -0.4 is 5.73 Å². The lowest BCUT2D eigenvalue weighted by atomic mass is 9.98. The van der Waals surface area contributed by atoms with Gasteiger partial charge in [-0.15, -0.1) is 0 Å². The fourth-order valence-corrected chi connectivity index (χ4v) is 2.20. The zero-order valence-electron chi connectivity index (χ0n) is 12.8. The summed E-state index contributed by atoms with van der Waals surface area (Å²) in [5, 5.41) is 9.20. The summed E-state index contributed by atoms with van der Waals surface area (Å²) in [5.74, 6) is 0. The van der Waals surface area contributed by atoms with E-state index in [1.54, 1.807) is 20.8 Å². The van der Waals surface area contributed by atoms with Gasteiger partial charge in [0.15, 0.2) is 0 Å². The molecule has 0 radical (unpaired) electrons. The van der Waals surface area contributed by atoms with E-state index < -0.39 is 29.4 Å². The molecule has 0 aliphatic rings. The zero-order valence-corrected chi connectivity index (χ0v) is 12.8. The summed E-state index contributed by atoms with van der Waals surface area (Å²) in [4.78, 5) is 12.4. The first kappa shape index (κ1) is 18.3. The molecule has 0 saturated carbocycles. The topological polar surface area (TPSA) is 66.6 Å². The zero-order chi connectivity index (χ0) is 17.1. The number of amides is 1. The molecule has 4 nitrogen and oxygen atoms in total. The standard InChI is InChI=1S/C15H21F3N2O2/c1-14(2,3)20(13(21)22)9-11(19)8-10-6-4-5-7-12(10)15(16,17)18/h4-7,11H,8-9,19H2,1-3H3,(H,21,22)/t11-/m1/s1. The van der Waals surface area contributed by atoms with E-state index in [4.69, 9.17) is 5.73 Å². The molecule has 1 rings (SSSR count). The Kier molecular flexibility index (Phi) is 5.45. The van der Waals surface area contributed by atoms with Crippen molar-refractivity contribution in [1.29, 1.82) is 0 Å². The van der Waals surface area contributed by atoms with Gasteiger partial charge in [0.25, 0.3) is 0 Å². The molecular weight excluding hydrogens is 297 g/mol. The maximum atomic E-state index is 12.9. The van der Waals surface area contributed by atoms with Gasteiger partial charge in [-0.1, -0.05) is 18.2 Å². The number of hydrogen-bond acceptors (Lipinski definition) is 2. The molecule has 0 saturated heterocycles. The number of nitrogens with two attached hydrogens (primary N) is 1. The van der Waals surface area contributed by atoms with Gasteiger partial charge in [0.2, 0.25) is 0 Å². The van der Waals surface area contributed by atoms with Gasteiger partial charge in [-0.2, -0.15) is 13.2 Å². The average molecular weight is 318 g/mol.